The second kappa shape index (κ2) is 9.30. The van der Waals surface area contributed by atoms with Crippen LogP contribution in [0.2, 0.25) is 0 Å². The van der Waals surface area contributed by atoms with Crippen molar-refractivity contribution in [2.24, 2.45) is 5.92 Å². The highest BCUT2D eigenvalue weighted by Crippen LogP contribution is 2.29. The molecule has 2 heteroatoms. The first-order valence-electron chi connectivity index (χ1n) is 7.06. The van der Waals surface area contributed by atoms with Gasteiger partial charge in [-0.25, -0.2) is 0 Å². The standard InChI is InChI=1S/C14H27ClO/c1-2-13-9-5-6-10-14(13)16-12-8-4-3-7-11-15/h13-14H,2-12H2,1H3. The molecule has 2 atom stereocenters. The zero-order valence-corrected chi connectivity index (χ0v) is 11.5. The zero-order chi connectivity index (χ0) is 11.6. The SMILES string of the molecule is CCC1CCCCC1OCCCCCCCl. The molecule has 0 spiro atoms. The Bertz CT molecular complexity index is 161. The summed E-state index contributed by atoms with van der Waals surface area (Å²) in [7, 11) is 0. The monoisotopic (exact) mass is 246 g/mol. The molecule has 0 N–H and O–H groups in total. The third-order valence-corrected chi connectivity index (χ3v) is 3.99. The van der Waals surface area contributed by atoms with E-state index < -0.39 is 0 Å². The molecule has 1 fully saturated rings. The lowest BCUT2D eigenvalue weighted by Gasteiger charge is -2.30. The quantitative estimate of drug-likeness (QED) is 0.443. The van der Waals surface area contributed by atoms with Gasteiger partial charge >= 0.3 is 0 Å². The van der Waals surface area contributed by atoms with Crippen LogP contribution in [-0.2, 0) is 4.74 Å². The van der Waals surface area contributed by atoms with Crippen LogP contribution in [0, 0.1) is 5.92 Å². The minimum atomic E-state index is 0.562. The molecule has 0 bridgehead atoms. The average molecular weight is 247 g/mol. The zero-order valence-electron chi connectivity index (χ0n) is 10.7. The number of halogens is 1. The summed E-state index contributed by atoms with van der Waals surface area (Å²) in [5.74, 6) is 1.64. The van der Waals surface area contributed by atoms with Gasteiger partial charge in [0.25, 0.3) is 0 Å². The van der Waals surface area contributed by atoms with Crippen molar-refractivity contribution in [3.8, 4) is 0 Å². The first kappa shape index (κ1) is 14.3. The van der Waals surface area contributed by atoms with Gasteiger partial charge in [0.2, 0.25) is 0 Å². The van der Waals surface area contributed by atoms with Gasteiger partial charge in [0, 0.05) is 12.5 Å². The maximum Gasteiger partial charge on any atom is 0.0603 e. The summed E-state index contributed by atoms with van der Waals surface area (Å²) in [4.78, 5) is 0. The molecule has 2 unspecified atom stereocenters. The highest BCUT2D eigenvalue weighted by molar-refractivity contribution is 6.17. The maximum atomic E-state index is 6.03. The van der Waals surface area contributed by atoms with Crippen LogP contribution >= 0.6 is 11.6 Å². The lowest BCUT2D eigenvalue weighted by Crippen LogP contribution is -2.27. The fourth-order valence-corrected chi connectivity index (χ4v) is 2.83. The van der Waals surface area contributed by atoms with E-state index in [1.807, 2.05) is 0 Å². The van der Waals surface area contributed by atoms with Crippen LogP contribution in [-0.4, -0.2) is 18.6 Å². The Labute approximate surface area is 106 Å². The van der Waals surface area contributed by atoms with Gasteiger partial charge in [0.15, 0.2) is 0 Å². The fraction of sp³-hybridized carbons (Fsp3) is 1.00. The second-order valence-corrected chi connectivity index (χ2v) is 5.34. The van der Waals surface area contributed by atoms with Gasteiger partial charge in [-0.2, -0.15) is 0 Å². The van der Waals surface area contributed by atoms with E-state index >= 15 is 0 Å². The molecule has 1 aliphatic rings. The third kappa shape index (κ3) is 5.54. The van der Waals surface area contributed by atoms with Crippen molar-refractivity contribution in [1.82, 2.24) is 0 Å². The molecule has 1 rings (SSSR count). The number of hydrogen-bond acceptors (Lipinski definition) is 1. The molecular weight excluding hydrogens is 220 g/mol. The number of alkyl halides is 1. The predicted molar refractivity (Wildman–Crippen MR) is 71.2 cm³/mol. The van der Waals surface area contributed by atoms with Crippen molar-refractivity contribution < 1.29 is 4.74 Å². The molecule has 96 valence electrons. The van der Waals surface area contributed by atoms with Crippen LogP contribution in [0.5, 0.6) is 0 Å². The first-order chi connectivity index (χ1) is 7.88. The van der Waals surface area contributed by atoms with Crippen molar-refractivity contribution in [3.05, 3.63) is 0 Å². The molecule has 0 amide bonds. The van der Waals surface area contributed by atoms with Gasteiger partial charge in [-0.1, -0.05) is 39.0 Å². The minimum Gasteiger partial charge on any atom is -0.378 e. The molecule has 0 radical (unpaired) electrons. The molecule has 0 aromatic heterocycles. The minimum absolute atomic E-state index is 0.562. The van der Waals surface area contributed by atoms with Gasteiger partial charge in [-0.3, -0.25) is 0 Å². The number of rotatable bonds is 8. The molecule has 16 heavy (non-hydrogen) atoms. The van der Waals surface area contributed by atoms with Crippen LogP contribution in [0.3, 0.4) is 0 Å². The molecule has 0 saturated heterocycles. The van der Waals surface area contributed by atoms with Gasteiger partial charge in [0.1, 0.15) is 0 Å². The van der Waals surface area contributed by atoms with E-state index in [2.05, 4.69) is 6.92 Å². The average Bonchev–Trinajstić information content (AvgIpc) is 2.34. The Morgan fingerprint density at radius 1 is 1.06 bits per heavy atom. The smallest absolute Gasteiger partial charge is 0.0603 e. The topological polar surface area (TPSA) is 9.23 Å². The van der Waals surface area contributed by atoms with Crippen molar-refractivity contribution in [3.63, 3.8) is 0 Å². The number of unbranched alkanes of at least 4 members (excludes halogenated alkanes) is 3. The van der Waals surface area contributed by atoms with Crippen LogP contribution < -0.4 is 0 Å². The fourth-order valence-electron chi connectivity index (χ4n) is 2.64. The molecular formula is C14H27ClO. The molecule has 0 aliphatic heterocycles. The van der Waals surface area contributed by atoms with E-state index in [-0.39, 0.29) is 0 Å². The second-order valence-electron chi connectivity index (χ2n) is 4.97. The van der Waals surface area contributed by atoms with E-state index in [0.717, 1.165) is 24.8 Å². The van der Waals surface area contributed by atoms with Gasteiger partial charge in [0.05, 0.1) is 6.10 Å². The Morgan fingerprint density at radius 2 is 1.81 bits per heavy atom. The third-order valence-electron chi connectivity index (χ3n) is 3.72. The Hall–Kier alpha value is 0.250. The van der Waals surface area contributed by atoms with E-state index in [4.69, 9.17) is 16.3 Å². The van der Waals surface area contributed by atoms with Crippen LogP contribution in [0.1, 0.15) is 64.7 Å². The first-order valence-corrected chi connectivity index (χ1v) is 7.59. The van der Waals surface area contributed by atoms with Gasteiger partial charge in [-0.15, -0.1) is 11.6 Å². The van der Waals surface area contributed by atoms with Gasteiger partial charge in [-0.05, 0) is 31.6 Å². The summed E-state index contributed by atoms with van der Waals surface area (Å²) >= 11 is 5.64. The van der Waals surface area contributed by atoms with Crippen LogP contribution in [0.4, 0.5) is 0 Å². The van der Waals surface area contributed by atoms with Crippen molar-refractivity contribution in [2.45, 2.75) is 70.8 Å². The largest absolute Gasteiger partial charge is 0.378 e. The van der Waals surface area contributed by atoms with E-state index in [1.54, 1.807) is 0 Å². The number of hydrogen-bond donors (Lipinski definition) is 0. The molecule has 1 nitrogen and oxygen atoms in total. The molecule has 0 aromatic rings. The Kier molecular flexibility index (Phi) is 8.32. The lowest BCUT2D eigenvalue weighted by molar-refractivity contribution is -0.0135. The van der Waals surface area contributed by atoms with Crippen LogP contribution in [0.25, 0.3) is 0 Å². The molecule has 1 aliphatic carbocycles. The normalized spacial score (nSPS) is 25.9. The van der Waals surface area contributed by atoms with Crippen molar-refractivity contribution in [1.29, 1.82) is 0 Å². The Balaban J connectivity index is 2.02. The van der Waals surface area contributed by atoms with Crippen molar-refractivity contribution >= 4 is 11.6 Å². The number of ether oxygens (including phenoxy) is 1. The molecule has 0 heterocycles. The summed E-state index contributed by atoms with van der Waals surface area (Å²) < 4.78 is 6.03. The van der Waals surface area contributed by atoms with E-state index in [0.29, 0.717) is 6.10 Å². The summed E-state index contributed by atoms with van der Waals surface area (Å²) in [6, 6.07) is 0. The Morgan fingerprint density at radius 3 is 2.56 bits per heavy atom. The summed E-state index contributed by atoms with van der Waals surface area (Å²) in [6.07, 6.45) is 12.2. The summed E-state index contributed by atoms with van der Waals surface area (Å²) in [5.41, 5.74) is 0. The highest BCUT2D eigenvalue weighted by atomic mass is 35.5. The predicted octanol–water partition coefficient (Wildman–Crippen LogP) is 4.77. The summed E-state index contributed by atoms with van der Waals surface area (Å²) in [5, 5.41) is 0. The van der Waals surface area contributed by atoms with Crippen molar-refractivity contribution in [2.75, 3.05) is 12.5 Å². The summed E-state index contributed by atoms with van der Waals surface area (Å²) in [6.45, 7) is 3.26. The maximum absolute atomic E-state index is 6.03. The van der Waals surface area contributed by atoms with Gasteiger partial charge < -0.3 is 4.74 Å². The molecule has 0 aromatic carbocycles. The molecule has 1 saturated carbocycles. The van der Waals surface area contributed by atoms with Crippen LogP contribution in [0.15, 0.2) is 0 Å². The van der Waals surface area contributed by atoms with E-state index in [9.17, 15) is 0 Å². The van der Waals surface area contributed by atoms with E-state index in [1.165, 1.54) is 51.4 Å². The highest BCUT2D eigenvalue weighted by Gasteiger charge is 2.23. The lowest BCUT2D eigenvalue weighted by atomic mass is 9.85.